The molecule has 0 aliphatic heterocycles. The molecule has 0 spiro atoms. The average Bonchev–Trinajstić information content (AvgIpc) is 2.47. The van der Waals surface area contributed by atoms with Crippen LogP contribution in [0.15, 0.2) is 12.1 Å². The van der Waals surface area contributed by atoms with Crippen molar-refractivity contribution in [2.75, 3.05) is 26.0 Å². The summed E-state index contributed by atoms with van der Waals surface area (Å²) in [5.74, 6) is 1.27. The Hall–Kier alpha value is -1.65. The number of hydrogen-bond acceptors (Lipinski definition) is 4. The van der Waals surface area contributed by atoms with Gasteiger partial charge >= 0.3 is 0 Å². The maximum absolute atomic E-state index is 11.7. The predicted molar refractivity (Wildman–Crippen MR) is 81.8 cm³/mol. The van der Waals surface area contributed by atoms with E-state index < -0.39 is 0 Å². The van der Waals surface area contributed by atoms with E-state index in [1.807, 2.05) is 6.07 Å². The highest BCUT2D eigenvalue weighted by Crippen LogP contribution is 2.13. The summed E-state index contributed by atoms with van der Waals surface area (Å²) in [5, 5.41) is 11.3. The highest BCUT2D eigenvalue weighted by atomic mass is 16.2. The molecule has 0 bridgehead atoms. The summed E-state index contributed by atoms with van der Waals surface area (Å²) >= 11 is 0. The molecule has 0 aliphatic carbocycles. The van der Waals surface area contributed by atoms with Crippen LogP contribution >= 0.6 is 0 Å². The first-order chi connectivity index (χ1) is 9.58. The van der Waals surface area contributed by atoms with E-state index in [0.29, 0.717) is 11.6 Å². The van der Waals surface area contributed by atoms with Gasteiger partial charge in [0.25, 0.3) is 5.91 Å². The van der Waals surface area contributed by atoms with Gasteiger partial charge in [0, 0.05) is 20.6 Å². The first kappa shape index (κ1) is 16.4. The minimum Gasteiger partial charge on any atom is -0.368 e. The van der Waals surface area contributed by atoms with Crippen molar-refractivity contribution in [3.05, 3.63) is 17.8 Å². The van der Waals surface area contributed by atoms with Crippen LogP contribution in [0.25, 0.3) is 0 Å². The van der Waals surface area contributed by atoms with Crippen molar-refractivity contribution in [3.63, 3.8) is 0 Å². The molecule has 1 unspecified atom stereocenters. The summed E-state index contributed by atoms with van der Waals surface area (Å²) in [6.45, 7) is 5.34. The monoisotopic (exact) mass is 278 g/mol. The number of aromatic nitrogens is 2. The van der Waals surface area contributed by atoms with Crippen LogP contribution in [0.3, 0.4) is 0 Å². The minimum atomic E-state index is -0.126. The number of carbonyl (C=O) groups excluding carboxylic acids is 1. The number of rotatable bonds is 8. The van der Waals surface area contributed by atoms with E-state index in [4.69, 9.17) is 0 Å². The molecule has 0 fully saturated rings. The summed E-state index contributed by atoms with van der Waals surface area (Å²) in [5.41, 5.74) is 0.374. The molecule has 0 saturated carbocycles. The number of carbonyl (C=O) groups is 1. The molecule has 5 heteroatoms. The molecule has 1 amide bonds. The van der Waals surface area contributed by atoms with Crippen LogP contribution in [-0.4, -0.2) is 41.6 Å². The van der Waals surface area contributed by atoms with E-state index in [2.05, 4.69) is 29.4 Å². The van der Waals surface area contributed by atoms with Crippen LogP contribution in [-0.2, 0) is 0 Å². The zero-order valence-electron chi connectivity index (χ0n) is 13.0. The van der Waals surface area contributed by atoms with E-state index in [1.165, 1.54) is 24.2 Å². The first-order valence-corrected chi connectivity index (χ1v) is 7.37. The number of anilines is 1. The third kappa shape index (κ3) is 5.15. The molecule has 1 aromatic rings. The van der Waals surface area contributed by atoms with Crippen molar-refractivity contribution >= 4 is 11.7 Å². The lowest BCUT2D eigenvalue weighted by atomic mass is 9.99. The van der Waals surface area contributed by atoms with Gasteiger partial charge in [-0.05, 0) is 24.5 Å². The smallest absolute Gasteiger partial charge is 0.273 e. The molecule has 1 N–H and O–H groups in total. The van der Waals surface area contributed by atoms with Crippen LogP contribution in [0.1, 0.15) is 50.0 Å². The molecule has 20 heavy (non-hydrogen) atoms. The van der Waals surface area contributed by atoms with Crippen molar-refractivity contribution in [2.24, 2.45) is 5.92 Å². The van der Waals surface area contributed by atoms with Crippen LogP contribution < -0.4 is 5.32 Å². The van der Waals surface area contributed by atoms with Crippen LogP contribution in [0.2, 0.25) is 0 Å². The number of amides is 1. The Morgan fingerprint density at radius 1 is 1.30 bits per heavy atom. The molecular weight excluding hydrogens is 252 g/mol. The number of hydrogen-bond donors (Lipinski definition) is 1. The van der Waals surface area contributed by atoms with Crippen molar-refractivity contribution in [1.82, 2.24) is 15.1 Å². The molecule has 0 saturated heterocycles. The van der Waals surface area contributed by atoms with Crippen LogP contribution in [0, 0.1) is 5.92 Å². The van der Waals surface area contributed by atoms with Crippen molar-refractivity contribution < 1.29 is 4.79 Å². The van der Waals surface area contributed by atoms with Gasteiger partial charge in [0.15, 0.2) is 5.69 Å². The van der Waals surface area contributed by atoms with Gasteiger partial charge in [-0.3, -0.25) is 4.79 Å². The largest absolute Gasteiger partial charge is 0.368 e. The van der Waals surface area contributed by atoms with Gasteiger partial charge in [-0.15, -0.1) is 10.2 Å². The molecule has 1 rings (SSSR count). The van der Waals surface area contributed by atoms with Gasteiger partial charge < -0.3 is 10.2 Å². The van der Waals surface area contributed by atoms with E-state index in [0.717, 1.165) is 18.8 Å². The zero-order chi connectivity index (χ0) is 15.0. The van der Waals surface area contributed by atoms with Crippen LogP contribution in [0.5, 0.6) is 0 Å². The second-order valence-electron chi connectivity index (χ2n) is 5.30. The molecule has 1 heterocycles. The highest BCUT2D eigenvalue weighted by molar-refractivity contribution is 5.91. The van der Waals surface area contributed by atoms with Crippen molar-refractivity contribution in [1.29, 1.82) is 0 Å². The molecule has 0 radical (unpaired) electrons. The third-order valence-electron chi connectivity index (χ3n) is 3.40. The fourth-order valence-corrected chi connectivity index (χ4v) is 1.96. The van der Waals surface area contributed by atoms with Crippen molar-refractivity contribution in [3.8, 4) is 0 Å². The molecule has 112 valence electrons. The lowest BCUT2D eigenvalue weighted by Gasteiger charge is -2.15. The highest BCUT2D eigenvalue weighted by Gasteiger charge is 2.10. The zero-order valence-corrected chi connectivity index (χ0v) is 13.0. The lowest BCUT2D eigenvalue weighted by Crippen LogP contribution is -2.23. The second-order valence-corrected chi connectivity index (χ2v) is 5.30. The van der Waals surface area contributed by atoms with Gasteiger partial charge in [0.05, 0.1) is 0 Å². The van der Waals surface area contributed by atoms with Gasteiger partial charge in [-0.25, -0.2) is 0 Å². The van der Waals surface area contributed by atoms with Crippen molar-refractivity contribution in [2.45, 2.75) is 39.5 Å². The summed E-state index contributed by atoms with van der Waals surface area (Å²) in [6, 6.07) is 3.53. The van der Waals surface area contributed by atoms with E-state index in [-0.39, 0.29) is 5.91 Å². The van der Waals surface area contributed by atoms with E-state index in [9.17, 15) is 4.79 Å². The van der Waals surface area contributed by atoms with Gasteiger partial charge in [0.1, 0.15) is 5.82 Å². The average molecular weight is 278 g/mol. The van der Waals surface area contributed by atoms with E-state index in [1.54, 1.807) is 20.2 Å². The topological polar surface area (TPSA) is 58.1 Å². The Morgan fingerprint density at radius 2 is 2.05 bits per heavy atom. The molecular formula is C15H26N4O. The first-order valence-electron chi connectivity index (χ1n) is 7.37. The predicted octanol–water partition coefficient (Wildman–Crippen LogP) is 2.81. The molecule has 0 aliphatic rings. The third-order valence-corrected chi connectivity index (χ3v) is 3.40. The summed E-state index contributed by atoms with van der Waals surface area (Å²) in [4.78, 5) is 13.2. The van der Waals surface area contributed by atoms with Gasteiger partial charge in [-0.1, -0.05) is 33.1 Å². The summed E-state index contributed by atoms with van der Waals surface area (Å²) < 4.78 is 0. The van der Waals surface area contributed by atoms with Gasteiger partial charge in [0.2, 0.25) is 0 Å². The molecule has 5 nitrogen and oxygen atoms in total. The SMILES string of the molecule is CCCCC(CC)CNc1ccc(C(=O)N(C)C)nn1. The number of nitrogens with one attached hydrogen (secondary N) is 1. The minimum absolute atomic E-state index is 0.126. The maximum atomic E-state index is 11.7. The fourth-order valence-electron chi connectivity index (χ4n) is 1.96. The maximum Gasteiger partial charge on any atom is 0.273 e. The van der Waals surface area contributed by atoms with Crippen LogP contribution in [0.4, 0.5) is 5.82 Å². The quantitative estimate of drug-likeness (QED) is 0.794. The lowest BCUT2D eigenvalue weighted by molar-refractivity contribution is 0.0821. The Kier molecular flexibility index (Phi) is 6.98. The Morgan fingerprint density at radius 3 is 2.55 bits per heavy atom. The Labute approximate surface area is 121 Å². The summed E-state index contributed by atoms with van der Waals surface area (Å²) in [6.07, 6.45) is 4.90. The second kappa shape index (κ2) is 8.51. The number of unbranched alkanes of at least 4 members (excludes halogenated alkanes) is 1. The molecule has 0 aromatic carbocycles. The molecule has 1 atom stereocenters. The molecule has 1 aromatic heterocycles. The normalized spacial score (nSPS) is 12.0. The standard InChI is InChI=1S/C15H26N4O/c1-5-7-8-12(6-2)11-16-14-10-9-13(17-18-14)15(20)19(3)4/h9-10,12H,5-8,11H2,1-4H3,(H,16,18). The van der Waals surface area contributed by atoms with E-state index >= 15 is 0 Å². The number of nitrogens with zero attached hydrogens (tertiary/aromatic N) is 3. The Bertz CT molecular complexity index is 403. The Balaban J connectivity index is 2.50. The van der Waals surface area contributed by atoms with Gasteiger partial charge in [-0.2, -0.15) is 0 Å². The summed E-state index contributed by atoms with van der Waals surface area (Å²) in [7, 11) is 3.41. The fraction of sp³-hybridized carbons (Fsp3) is 0.667.